The number of carbonyl (C=O) groups excluding carboxylic acids is 3. The van der Waals surface area contributed by atoms with Crippen molar-refractivity contribution in [1.29, 1.82) is 0 Å². The van der Waals surface area contributed by atoms with Crippen LogP contribution in [0, 0.1) is 0 Å². The highest BCUT2D eigenvalue weighted by Gasteiger charge is 2.42. The molecule has 2 heterocycles. The molecule has 0 bridgehead atoms. The lowest BCUT2D eigenvalue weighted by atomic mass is 9.99. The van der Waals surface area contributed by atoms with E-state index in [0.29, 0.717) is 43.2 Å². The highest BCUT2D eigenvalue weighted by Crippen LogP contribution is 2.22. The van der Waals surface area contributed by atoms with Crippen LogP contribution in [0.15, 0.2) is 48.5 Å². The number of nitrogens with one attached hydrogen (secondary N) is 3. The third-order valence-corrected chi connectivity index (χ3v) is 8.71. The number of carbonyl (C=O) groups is 3. The predicted molar refractivity (Wildman–Crippen MR) is 151 cm³/mol. The summed E-state index contributed by atoms with van der Waals surface area (Å²) in [6.07, 6.45) is 0.0894. The van der Waals surface area contributed by atoms with Gasteiger partial charge in [-0.2, -0.15) is 0 Å². The largest absolute Gasteiger partial charge is 0.350 e. The van der Waals surface area contributed by atoms with Crippen molar-refractivity contribution in [3.63, 3.8) is 0 Å². The lowest BCUT2D eigenvalue weighted by molar-refractivity contribution is -0.150. The summed E-state index contributed by atoms with van der Waals surface area (Å²) >= 11 is 6.09. The second-order valence-electron chi connectivity index (χ2n) is 9.92. The number of halogens is 1. The number of sulfonamides is 1. The number of amides is 3. The molecule has 5 N–H and O–H groups in total. The minimum absolute atomic E-state index is 0.180. The Labute approximate surface area is 239 Å². The van der Waals surface area contributed by atoms with Gasteiger partial charge in [-0.3, -0.25) is 14.4 Å². The first-order valence-corrected chi connectivity index (χ1v) is 15.3. The molecule has 0 aromatic heterocycles. The van der Waals surface area contributed by atoms with Crippen molar-refractivity contribution >= 4 is 39.3 Å². The lowest BCUT2D eigenvalue weighted by Crippen LogP contribution is -2.63. The highest BCUT2D eigenvalue weighted by molar-refractivity contribution is 7.88. The molecule has 11 nitrogen and oxygen atoms in total. The molecule has 4 rings (SSSR count). The van der Waals surface area contributed by atoms with Gasteiger partial charge in [0, 0.05) is 50.8 Å². The van der Waals surface area contributed by atoms with Gasteiger partial charge in [0.05, 0.1) is 12.2 Å². The van der Waals surface area contributed by atoms with Gasteiger partial charge in [0.1, 0.15) is 12.1 Å². The lowest BCUT2D eigenvalue weighted by Gasteiger charge is -2.41. The van der Waals surface area contributed by atoms with E-state index in [-0.39, 0.29) is 43.6 Å². The zero-order valence-corrected chi connectivity index (χ0v) is 23.7. The second-order valence-corrected chi connectivity index (χ2v) is 12.1. The van der Waals surface area contributed by atoms with E-state index in [1.165, 1.54) is 4.90 Å². The summed E-state index contributed by atoms with van der Waals surface area (Å²) in [6.45, 7) is 2.93. The van der Waals surface area contributed by atoms with Gasteiger partial charge in [-0.05, 0) is 35.2 Å². The number of benzene rings is 2. The fraction of sp³-hybridized carbons (Fsp3) is 0.444. The van der Waals surface area contributed by atoms with Crippen LogP contribution in [0.2, 0.25) is 5.02 Å². The second kappa shape index (κ2) is 13.6. The van der Waals surface area contributed by atoms with Crippen LogP contribution < -0.4 is 21.1 Å². The first kappa shape index (κ1) is 29.9. The monoisotopic (exact) mass is 590 g/mol. The van der Waals surface area contributed by atoms with Gasteiger partial charge < -0.3 is 26.2 Å². The number of hydrogen-bond donors (Lipinski definition) is 4. The van der Waals surface area contributed by atoms with Crippen LogP contribution in [0.4, 0.5) is 0 Å². The smallest absolute Gasteiger partial charge is 0.243 e. The Hall–Kier alpha value is -3.03. The number of likely N-dealkylation sites (tertiary alicyclic amines) is 1. The number of nitrogens with zero attached hydrogens (tertiary/aromatic N) is 2. The maximum Gasteiger partial charge on any atom is 0.243 e. The summed E-state index contributed by atoms with van der Waals surface area (Å²) in [7, 11) is -3.97. The molecular formula is C27H35ClN6O5S. The summed E-state index contributed by atoms with van der Waals surface area (Å²) in [5.41, 5.74) is 7.95. The van der Waals surface area contributed by atoms with Gasteiger partial charge in [-0.25, -0.2) is 13.1 Å². The van der Waals surface area contributed by atoms with Crippen LogP contribution in [0.25, 0.3) is 0 Å². The van der Waals surface area contributed by atoms with Gasteiger partial charge in [0.15, 0.2) is 0 Å². The van der Waals surface area contributed by atoms with Crippen molar-refractivity contribution in [2.75, 3.05) is 32.7 Å². The van der Waals surface area contributed by atoms with Crippen molar-refractivity contribution in [2.24, 2.45) is 5.73 Å². The Bertz CT molecular complexity index is 1320. The quantitative estimate of drug-likeness (QED) is 0.294. The van der Waals surface area contributed by atoms with Crippen LogP contribution >= 0.6 is 11.6 Å². The summed E-state index contributed by atoms with van der Waals surface area (Å²) in [5.74, 6) is -1.63. The first-order valence-electron chi connectivity index (χ1n) is 13.2. The van der Waals surface area contributed by atoms with E-state index in [9.17, 15) is 22.8 Å². The van der Waals surface area contributed by atoms with Crippen LogP contribution in [-0.2, 0) is 43.2 Å². The predicted octanol–water partition coefficient (Wildman–Crippen LogP) is 0.326. The maximum absolute atomic E-state index is 13.6. The Morgan fingerprint density at radius 2 is 1.77 bits per heavy atom. The number of piperazine rings is 1. The minimum atomic E-state index is -3.97. The molecule has 2 atom stereocenters. The molecule has 2 aromatic rings. The molecule has 2 aromatic carbocycles. The normalized spacial score (nSPS) is 18.1. The molecule has 0 saturated carbocycles. The van der Waals surface area contributed by atoms with Gasteiger partial charge >= 0.3 is 0 Å². The van der Waals surface area contributed by atoms with Crippen molar-refractivity contribution < 1.29 is 22.8 Å². The van der Waals surface area contributed by atoms with E-state index in [0.717, 1.165) is 11.1 Å². The number of hydrogen-bond acceptors (Lipinski definition) is 7. The highest BCUT2D eigenvalue weighted by atomic mass is 35.5. The molecule has 3 amide bonds. The molecule has 216 valence electrons. The van der Waals surface area contributed by atoms with E-state index in [1.54, 1.807) is 53.4 Å². The Morgan fingerprint density at radius 3 is 2.42 bits per heavy atom. The number of rotatable bonds is 11. The van der Waals surface area contributed by atoms with E-state index < -0.39 is 28.0 Å². The summed E-state index contributed by atoms with van der Waals surface area (Å²) < 4.78 is 28.6. The van der Waals surface area contributed by atoms with Gasteiger partial charge in [-0.1, -0.05) is 48.0 Å². The Balaban J connectivity index is 1.45. The van der Waals surface area contributed by atoms with Crippen molar-refractivity contribution in [3.05, 3.63) is 70.2 Å². The molecule has 40 heavy (non-hydrogen) atoms. The number of nitrogens with two attached hydrogens (primary N) is 1. The molecule has 2 aliphatic rings. The third kappa shape index (κ3) is 7.79. The standard InChI is InChI=1S/C27H35ClN6O5S/c28-22-7-6-20(16-29)21(14-22)17-31-26(36)24-8-11-34(24)27(37)23(15-25(35)33-12-9-30-10-13-33)32-40(38,39)18-19-4-2-1-3-5-19/h1-7,14,23-24,30,32H,8-13,15-18,29H2,(H,31,36). The van der Waals surface area contributed by atoms with Crippen LogP contribution in [0.3, 0.4) is 0 Å². The molecular weight excluding hydrogens is 556 g/mol. The van der Waals surface area contributed by atoms with Gasteiger partial charge in [0.25, 0.3) is 0 Å². The van der Waals surface area contributed by atoms with Crippen molar-refractivity contribution in [1.82, 2.24) is 25.2 Å². The molecule has 0 radical (unpaired) electrons. The minimum Gasteiger partial charge on any atom is -0.350 e. The maximum atomic E-state index is 13.6. The summed E-state index contributed by atoms with van der Waals surface area (Å²) in [4.78, 5) is 42.6. The molecule has 0 spiro atoms. The summed E-state index contributed by atoms with van der Waals surface area (Å²) in [6, 6.07) is 11.7. The fourth-order valence-corrected chi connectivity index (χ4v) is 6.36. The Kier molecular flexibility index (Phi) is 10.1. The van der Waals surface area contributed by atoms with Gasteiger partial charge in [0.2, 0.25) is 27.7 Å². The average molecular weight is 591 g/mol. The molecule has 2 aliphatic heterocycles. The fourth-order valence-electron chi connectivity index (χ4n) is 4.83. The zero-order valence-electron chi connectivity index (χ0n) is 22.1. The molecule has 2 fully saturated rings. The zero-order chi connectivity index (χ0) is 28.7. The molecule has 0 aliphatic carbocycles. The first-order chi connectivity index (χ1) is 19.2. The molecule has 2 unspecified atom stereocenters. The molecule has 2 saturated heterocycles. The Morgan fingerprint density at radius 1 is 1.05 bits per heavy atom. The van der Waals surface area contributed by atoms with Gasteiger partial charge in [-0.15, -0.1) is 0 Å². The van der Waals surface area contributed by atoms with Crippen molar-refractivity contribution in [3.8, 4) is 0 Å². The van der Waals surface area contributed by atoms with Crippen molar-refractivity contribution in [2.45, 2.75) is 43.8 Å². The van der Waals surface area contributed by atoms with E-state index >= 15 is 0 Å². The molecule has 13 heteroatoms. The van der Waals surface area contributed by atoms with E-state index in [2.05, 4.69) is 15.4 Å². The van der Waals surface area contributed by atoms with E-state index in [4.69, 9.17) is 17.3 Å². The van der Waals surface area contributed by atoms with Crippen LogP contribution in [-0.4, -0.2) is 80.7 Å². The van der Waals surface area contributed by atoms with Crippen LogP contribution in [0.5, 0.6) is 0 Å². The van der Waals surface area contributed by atoms with Crippen LogP contribution in [0.1, 0.15) is 29.5 Å². The van der Waals surface area contributed by atoms with E-state index in [1.807, 2.05) is 0 Å². The topological polar surface area (TPSA) is 154 Å². The SMILES string of the molecule is NCc1ccc(Cl)cc1CNC(=O)C1CCN1C(=O)C(CC(=O)N1CCNCC1)NS(=O)(=O)Cc1ccccc1. The average Bonchev–Trinajstić information content (AvgIpc) is 2.91. The summed E-state index contributed by atoms with van der Waals surface area (Å²) in [5, 5.41) is 6.51. The third-order valence-electron chi connectivity index (χ3n) is 7.11.